The molecule has 0 saturated carbocycles. The number of ether oxygens (including phenoxy) is 2. The van der Waals surface area contributed by atoms with E-state index in [4.69, 9.17) is 9.47 Å². The zero-order chi connectivity index (χ0) is 19.5. The number of carbonyl (C=O) groups is 1. The molecule has 2 aliphatic heterocycles. The van der Waals surface area contributed by atoms with Crippen molar-refractivity contribution in [1.29, 1.82) is 0 Å². The van der Waals surface area contributed by atoms with Crippen molar-refractivity contribution in [3.63, 3.8) is 0 Å². The molecule has 0 spiro atoms. The molecule has 3 heterocycles. The Balaban J connectivity index is 1.30. The summed E-state index contributed by atoms with van der Waals surface area (Å²) in [5, 5.41) is 13.6. The minimum absolute atomic E-state index is 0.0188. The molecule has 2 N–H and O–H groups in total. The van der Waals surface area contributed by atoms with Gasteiger partial charge in [0.2, 0.25) is 6.79 Å². The van der Waals surface area contributed by atoms with Gasteiger partial charge in [-0.25, -0.2) is 4.79 Å². The highest BCUT2D eigenvalue weighted by atomic mass is 16.7. The van der Waals surface area contributed by atoms with E-state index in [1.807, 2.05) is 37.3 Å². The van der Waals surface area contributed by atoms with Gasteiger partial charge >= 0.3 is 6.03 Å². The summed E-state index contributed by atoms with van der Waals surface area (Å²) in [5.41, 5.74) is 3.13. The molecule has 7 heteroatoms. The predicted octanol–water partition coefficient (Wildman–Crippen LogP) is 2.22. The summed E-state index contributed by atoms with van der Waals surface area (Å²) in [6.07, 6.45) is 2.54. The number of amides is 2. The molecule has 4 rings (SSSR count). The van der Waals surface area contributed by atoms with E-state index in [0.717, 1.165) is 28.3 Å². The summed E-state index contributed by atoms with van der Waals surface area (Å²) < 4.78 is 10.8. The number of aromatic nitrogens is 1. The summed E-state index contributed by atoms with van der Waals surface area (Å²) in [6.45, 7) is 3.69. The summed E-state index contributed by atoms with van der Waals surface area (Å²) in [5.74, 6) is 1.43. The average molecular weight is 383 g/mol. The Bertz CT molecular complexity index is 857. The second kappa shape index (κ2) is 8.06. The Morgan fingerprint density at radius 2 is 2.18 bits per heavy atom. The molecule has 0 unspecified atom stereocenters. The predicted molar refractivity (Wildman–Crippen MR) is 104 cm³/mol. The lowest BCUT2D eigenvalue weighted by molar-refractivity contribution is 0.0654. The van der Waals surface area contributed by atoms with E-state index in [2.05, 4.69) is 10.3 Å². The highest BCUT2D eigenvalue weighted by Crippen LogP contribution is 2.37. The summed E-state index contributed by atoms with van der Waals surface area (Å²) in [7, 11) is 0. The van der Waals surface area contributed by atoms with E-state index >= 15 is 0 Å². The fourth-order valence-corrected chi connectivity index (χ4v) is 3.83. The van der Waals surface area contributed by atoms with E-state index in [0.29, 0.717) is 32.5 Å². The number of urea groups is 1. The van der Waals surface area contributed by atoms with Gasteiger partial charge in [0.1, 0.15) is 0 Å². The van der Waals surface area contributed by atoms with Gasteiger partial charge in [-0.05, 0) is 42.7 Å². The van der Waals surface area contributed by atoms with Crippen molar-refractivity contribution in [3.05, 3.63) is 53.3 Å². The Morgan fingerprint density at radius 3 is 3.00 bits per heavy atom. The highest BCUT2D eigenvalue weighted by Gasteiger charge is 2.32. The van der Waals surface area contributed by atoms with E-state index < -0.39 is 6.10 Å². The monoisotopic (exact) mass is 383 g/mol. The number of nitrogens with zero attached hydrogens (tertiary/aromatic N) is 2. The smallest absolute Gasteiger partial charge is 0.317 e. The Kier molecular flexibility index (Phi) is 5.34. The third kappa shape index (κ3) is 3.89. The number of β-amino-alcohol motifs (C(OH)–C–C–N with tert-alkyl or cyclic N) is 1. The third-order valence-corrected chi connectivity index (χ3v) is 5.45. The number of piperidine rings is 1. The van der Waals surface area contributed by atoms with Gasteiger partial charge in [-0.2, -0.15) is 0 Å². The molecule has 148 valence electrons. The molecule has 7 nitrogen and oxygen atoms in total. The SMILES string of the molecule is Cc1cccnc1CCNC(=O)N1CC[C@@H](c2ccc3c(c2)OCO3)[C@H](O)C1. The molecule has 2 atom stereocenters. The van der Waals surface area contributed by atoms with Crippen molar-refractivity contribution in [2.45, 2.75) is 31.8 Å². The molecular formula is C21H25N3O4. The van der Waals surface area contributed by atoms with Crippen LogP contribution >= 0.6 is 0 Å². The number of rotatable bonds is 4. The standard InChI is InChI=1S/C21H25N3O4/c1-14-3-2-8-22-17(14)6-9-23-21(26)24-10-7-16(18(25)12-24)15-4-5-19-20(11-15)28-13-27-19/h2-5,8,11,16,18,25H,6-7,9-10,12-13H2,1H3,(H,23,26)/t16-,18+/m0/s1. The van der Waals surface area contributed by atoms with Gasteiger partial charge in [0.25, 0.3) is 0 Å². The van der Waals surface area contributed by atoms with Crippen molar-refractivity contribution in [2.24, 2.45) is 0 Å². The van der Waals surface area contributed by atoms with Gasteiger partial charge in [0, 0.05) is 43.9 Å². The number of fused-ring (bicyclic) bond motifs is 1. The number of carbonyl (C=O) groups excluding carboxylic acids is 1. The lowest BCUT2D eigenvalue weighted by Gasteiger charge is -2.36. The summed E-state index contributed by atoms with van der Waals surface area (Å²) in [4.78, 5) is 18.5. The molecule has 1 saturated heterocycles. The topological polar surface area (TPSA) is 83.9 Å². The Hall–Kier alpha value is -2.80. The maximum atomic E-state index is 12.5. The lowest BCUT2D eigenvalue weighted by atomic mass is 9.87. The van der Waals surface area contributed by atoms with Crippen molar-refractivity contribution in [3.8, 4) is 11.5 Å². The second-order valence-electron chi connectivity index (χ2n) is 7.27. The van der Waals surface area contributed by atoms with Crippen LogP contribution < -0.4 is 14.8 Å². The number of aryl methyl sites for hydroxylation is 1. The number of hydrogen-bond donors (Lipinski definition) is 2. The van der Waals surface area contributed by atoms with Crippen LogP contribution in [0.4, 0.5) is 4.79 Å². The largest absolute Gasteiger partial charge is 0.454 e. The van der Waals surface area contributed by atoms with Crippen LogP contribution in [0.5, 0.6) is 11.5 Å². The summed E-state index contributed by atoms with van der Waals surface area (Å²) in [6, 6.07) is 9.55. The third-order valence-electron chi connectivity index (χ3n) is 5.45. The van der Waals surface area contributed by atoms with Gasteiger partial charge in [-0.3, -0.25) is 4.98 Å². The molecule has 0 radical (unpaired) electrons. The van der Waals surface area contributed by atoms with Crippen LogP contribution in [0, 0.1) is 6.92 Å². The molecule has 1 fully saturated rings. The molecule has 28 heavy (non-hydrogen) atoms. The molecule has 0 bridgehead atoms. The minimum atomic E-state index is -0.613. The van der Waals surface area contributed by atoms with Gasteiger partial charge in [0.15, 0.2) is 11.5 Å². The number of benzene rings is 1. The van der Waals surface area contributed by atoms with E-state index in [-0.39, 0.29) is 18.7 Å². The molecule has 2 aromatic rings. The van der Waals surface area contributed by atoms with Crippen molar-refractivity contribution < 1.29 is 19.4 Å². The quantitative estimate of drug-likeness (QED) is 0.846. The first-order valence-electron chi connectivity index (χ1n) is 9.62. The van der Waals surface area contributed by atoms with Crippen molar-refractivity contribution >= 4 is 6.03 Å². The molecule has 1 aromatic carbocycles. The first kappa shape index (κ1) is 18.6. The highest BCUT2D eigenvalue weighted by molar-refractivity contribution is 5.74. The Labute approximate surface area is 164 Å². The molecule has 1 aromatic heterocycles. The van der Waals surface area contributed by atoms with Crippen LogP contribution in [-0.4, -0.2) is 53.6 Å². The maximum absolute atomic E-state index is 12.5. The van der Waals surface area contributed by atoms with E-state index in [1.54, 1.807) is 11.1 Å². The number of nitrogens with one attached hydrogen (secondary N) is 1. The molecule has 0 aliphatic carbocycles. The molecular weight excluding hydrogens is 358 g/mol. The van der Waals surface area contributed by atoms with Crippen LogP contribution in [0.3, 0.4) is 0 Å². The number of pyridine rings is 1. The van der Waals surface area contributed by atoms with Crippen LogP contribution in [0.15, 0.2) is 36.5 Å². The van der Waals surface area contributed by atoms with Crippen LogP contribution in [0.2, 0.25) is 0 Å². The van der Waals surface area contributed by atoms with Gasteiger partial charge < -0.3 is 24.8 Å². The first-order chi connectivity index (χ1) is 13.6. The molecule has 2 amide bonds. The van der Waals surface area contributed by atoms with E-state index in [1.165, 1.54) is 0 Å². The summed E-state index contributed by atoms with van der Waals surface area (Å²) >= 11 is 0. The number of likely N-dealkylation sites (tertiary alicyclic amines) is 1. The second-order valence-corrected chi connectivity index (χ2v) is 7.27. The average Bonchev–Trinajstić information content (AvgIpc) is 3.17. The lowest BCUT2D eigenvalue weighted by Crippen LogP contribution is -2.49. The number of hydrogen-bond acceptors (Lipinski definition) is 5. The van der Waals surface area contributed by atoms with E-state index in [9.17, 15) is 9.90 Å². The van der Waals surface area contributed by atoms with Crippen molar-refractivity contribution in [2.75, 3.05) is 26.4 Å². The first-order valence-corrected chi connectivity index (χ1v) is 9.62. The van der Waals surface area contributed by atoms with Crippen LogP contribution in [0.25, 0.3) is 0 Å². The fourth-order valence-electron chi connectivity index (χ4n) is 3.83. The van der Waals surface area contributed by atoms with Gasteiger partial charge in [-0.15, -0.1) is 0 Å². The van der Waals surface area contributed by atoms with Crippen molar-refractivity contribution in [1.82, 2.24) is 15.2 Å². The number of aliphatic hydroxyl groups is 1. The van der Waals surface area contributed by atoms with Crippen LogP contribution in [-0.2, 0) is 6.42 Å². The van der Waals surface area contributed by atoms with Gasteiger partial charge in [-0.1, -0.05) is 12.1 Å². The Morgan fingerprint density at radius 1 is 1.32 bits per heavy atom. The zero-order valence-corrected chi connectivity index (χ0v) is 15.9. The fraction of sp³-hybridized carbons (Fsp3) is 0.429. The molecule has 2 aliphatic rings. The van der Waals surface area contributed by atoms with Crippen LogP contribution in [0.1, 0.15) is 29.2 Å². The number of aliphatic hydroxyl groups excluding tert-OH is 1. The zero-order valence-electron chi connectivity index (χ0n) is 15.9. The van der Waals surface area contributed by atoms with Gasteiger partial charge in [0.05, 0.1) is 6.10 Å². The maximum Gasteiger partial charge on any atom is 0.317 e. The minimum Gasteiger partial charge on any atom is -0.454 e. The normalized spacial score (nSPS) is 20.9.